The van der Waals surface area contributed by atoms with Gasteiger partial charge >= 0.3 is 6.03 Å². The van der Waals surface area contributed by atoms with Crippen LogP contribution in [-0.4, -0.2) is 32.9 Å². The number of rotatable bonds is 5. The van der Waals surface area contributed by atoms with E-state index in [0.29, 0.717) is 13.0 Å². The highest BCUT2D eigenvalue weighted by Gasteiger charge is 2.48. The first kappa shape index (κ1) is 15.3. The van der Waals surface area contributed by atoms with E-state index in [0.717, 1.165) is 17.9 Å². The molecule has 1 fully saturated rings. The van der Waals surface area contributed by atoms with Crippen LogP contribution in [0.2, 0.25) is 0 Å². The summed E-state index contributed by atoms with van der Waals surface area (Å²) in [6.45, 7) is 4.80. The number of benzene rings is 1. The van der Waals surface area contributed by atoms with Crippen LogP contribution in [0.1, 0.15) is 24.7 Å². The molecule has 3 amide bonds. The molecule has 6 nitrogen and oxygen atoms in total. The highest BCUT2D eigenvalue weighted by Crippen LogP contribution is 2.28. The van der Waals surface area contributed by atoms with E-state index >= 15 is 0 Å². The molecule has 23 heavy (non-hydrogen) atoms. The number of imide groups is 1. The Balaban J connectivity index is 1.68. The second kappa shape index (κ2) is 5.87. The van der Waals surface area contributed by atoms with Gasteiger partial charge in [-0.05, 0) is 25.8 Å². The summed E-state index contributed by atoms with van der Waals surface area (Å²) in [5.74, 6) is 0.729. The molecular formula is C17H20N4O2. The quantitative estimate of drug-likeness (QED) is 0.859. The summed E-state index contributed by atoms with van der Waals surface area (Å²) >= 11 is 0. The summed E-state index contributed by atoms with van der Waals surface area (Å²) in [5.41, 5.74) is -0.185. The first-order valence-corrected chi connectivity index (χ1v) is 7.70. The molecule has 0 radical (unpaired) electrons. The van der Waals surface area contributed by atoms with Crippen LogP contribution in [-0.2, 0) is 16.9 Å². The highest BCUT2D eigenvalue weighted by molar-refractivity contribution is 6.07. The molecule has 0 unspecified atom stereocenters. The van der Waals surface area contributed by atoms with E-state index in [9.17, 15) is 9.59 Å². The van der Waals surface area contributed by atoms with Crippen molar-refractivity contribution in [1.82, 2.24) is 19.8 Å². The number of nitrogens with zero attached hydrogens (tertiary/aromatic N) is 3. The van der Waals surface area contributed by atoms with E-state index in [-0.39, 0.29) is 11.9 Å². The highest BCUT2D eigenvalue weighted by atomic mass is 16.2. The molecule has 2 heterocycles. The molecular weight excluding hydrogens is 292 g/mol. The van der Waals surface area contributed by atoms with Gasteiger partial charge in [0.15, 0.2) is 0 Å². The van der Waals surface area contributed by atoms with Crippen LogP contribution < -0.4 is 5.32 Å². The topological polar surface area (TPSA) is 67.2 Å². The first-order valence-electron chi connectivity index (χ1n) is 7.70. The van der Waals surface area contributed by atoms with Gasteiger partial charge < -0.3 is 9.88 Å². The maximum atomic E-state index is 12.7. The minimum Gasteiger partial charge on any atom is -0.335 e. The number of carbonyl (C=O) groups is 2. The average molecular weight is 312 g/mol. The van der Waals surface area contributed by atoms with Crippen molar-refractivity contribution in [3.05, 3.63) is 54.1 Å². The van der Waals surface area contributed by atoms with Crippen molar-refractivity contribution < 1.29 is 9.59 Å². The zero-order valence-electron chi connectivity index (χ0n) is 13.3. The number of imidazole rings is 1. The molecule has 1 N–H and O–H groups in total. The Bertz CT molecular complexity index is 725. The predicted molar refractivity (Wildman–Crippen MR) is 85.6 cm³/mol. The van der Waals surface area contributed by atoms with Gasteiger partial charge in [0.1, 0.15) is 11.4 Å². The summed E-state index contributed by atoms with van der Waals surface area (Å²) in [7, 11) is 0. The molecule has 2 aromatic rings. The summed E-state index contributed by atoms with van der Waals surface area (Å²) in [4.78, 5) is 30.4. The lowest BCUT2D eigenvalue weighted by atomic mass is 9.92. The van der Waals surface area contributed by atoms with Crippen molar-refractivity contribution in [1.29, 1.82) is 0 Å². The first-order chi connectivity index (χ1) is 11.0. The van der Waals surface area contributed by atoms with Gasteiger partial charge in [0.05, 0.1) is 0 Å². The molecule has 120 valence electrons. The van der Waals surface area contributed by atoms with Gasteiger partial charge in [0.25, 0.3) is 5.91 Å². The van der Waals surface area contributed by atoms with Crippen LogP contribution in [0.15, 0.2) is 42.7 Å². The molecule has 1 aromatic carbocycles. The lowest BCUT2D eigenvalue weighted by molar-refractivity contribution is -0.131. The maximum Gasteiger partial charge on any atom is 0.325 e. The Morgan fingerprint density at radius 3 is 2.57 bits per heavy atom. The van der Waals surface area contributed by atoms with E-state index in [1.165, 1.54) is 4.90 Å². The van der Waals surface area contributed by atoms with E-state index in [2.05, 4.69) is 10.3 Å². The summed E-state index contributed by atoms with van der Waals surface area (Å²) in [6, 6.07) is 9.00. The standard InChI is InChI=1S/C17H20N4O2/c1-13-18-9-12-20(13)10-6-11-21-15(22)17(2,19-16(21)23)14-7-4-3-5-8-14/h3-5,7-9,12H,6,10-11H2,1-2H3,(H,19,23)/t17-/m0/s1. The molecule has 1 aliphatic rings. The SMILES string of the molecule is Cc1nccn1CCCN1C(=O)N[C@@](C)(c2ccccc2)C1=O. The molecule has 0 bridgehead atoms. The van der Waals surface area contributed by atoms with Gasteiger partial charge in [0, 0.05) is 25.5 Å². The fourth-order valence-electron chi connectivity index (χ4n) is 2.91. The second-order valence-corrected chi connectivity index (χ2v) is 5.90. The van der Waals surface area contributed by atoms with Crippen molar-refractivity contribution in [3.8, 4) is 0 Å². The van der Waals surface area contributed by atoms with Gasteiger partial charge in [-0.1, -0.05) is 30.3 Å². The number of hydrogen-bond donors (Lipinski definition) is 1. The van der Waals surface area contributed by atoms with Crippen molar-refractivity contribution in [2.24, 2.45) is 0 Å². The van der Waals surface area contributed by atoms with Crippen LogP contribution in [0.5, 0.6) is 0 Å². The van der Waals surface area contributed by atoms with Gasteiger partial charge in [-0.25, -0.2) is 9.78 Å². The van der Waals surface area contributed by atoms with E-state index in [1.54, 1.807) is 13.1 Å². The monoisotopic (exact) mass is 312 g/mol. The zero-order chi connectivity index (χ0) is 16.4. The normalized spacial score (nSPS) is 20.9. The number of aromatic nitrogens is 2. The van der Waals surface area contributed by atoms with Gasteiger partial charge in [-0.15, -0.1) is 0 Å². The third kappa shape index (κ3) is 2.72. The zero-order valence-corrected chi connectivity index (χ0v) is 13.3. The maximum absolute atomic E-state index is 12.7. The minimum atomic E-state index is -0.983. The fourth-order valence-corrected chi connectivity index (χ4v) is 2.91. The fraction of sp³-hybridized carbons (Fsp3) is 0.353. The average Bonchev–Trinajstić information content (AvgIpc) is 3.05. The molecule has 1 aliphatic heterocycles. The van der Waals surface area contributed by atoms with Gasteiger partial charge in [-0.3, -0.25) is 9.69 Å². The molecule has 1 atom stereocenters. The Hall–Kier alpha value is -2.63. The predicted octanol–water partition coefficient (Wildman–Crippen LogP) is 2.05. The third-order valence-corrected chi connectivity index (χ3v) is 4.33. The van der Waals surface area contributed by atoms with Crippen LogP contribution in [0.25, 0.3) is 0 Å². The molecule has 6 heteroatoms. The Morgan fingerprint density at radius 2 is 1.91 bits per heavy atom. The van der Waals surface area contributed by atoms with E-state index in [4.69, 9.17) is 0 Å². The van der Waals surface area contributed by atoms with Crippen molar-refractivity contribution in [2.45, 2.75) is 32.4 Å². The largest absolute Gasteiger partial charge is 0.335 e. The number of aryl methyl sites for hydroxylation is 2. The molecule has 0 aliphatic carbocycles. The lowest BCUT2D eigenvalue weighted by Crippen LogP contribution is -2.41. The van der Waals surface area contributed by atoms with Crippen molar-refractivity contribution in [3.63, 3.8) is 0 Å². The Kier molecular flexibility index (Phi) is 3.90. The van der Waals surface area contributed by atoms with Crippen LogP contribution in [0.4, 0.5) is 4.79 Å². The third-order valence-electron chi connectivity index (χ3n) is 4.33. The molecule has 1 aromatic heterocycles. The summed E-state index contributed by atoms with van der Waals surface area (Å²) in [6.07, 6.45) is 4.34. The number of amides is 3. The number of carbonyl (C=O) groups excluding carboxylic acids is 2. The van der Waals surface area contributed by atoms with E-state index in [1.807, 2.05) is 48.0 Å². The van der Waals surface area contributed by atoms with Crippen LogP contribution in [0, 0.1) is 6.92 Å². The smallest absolute Gasteiger partial charge is 0.325 e. The molecule has 3 rings (SSSR count). The lowest BCUT2D eigenvalue weighted by Gasteiger charge is -2.22. The van der Waals surface area contributed by atoms with Crippen molar-refractivity contribution in [2.75, 3.05) is 6.54 Å². The number of hydrogen-bond acceptors (Lipinski definition) is 3. The van der Waals surface area contributed by atoms with Gasteiger partial charge in [0.2, 0.25) is 0 Å². The van der Waals surface area contributed by atoms with Crippen molar-refractivity contribution >= 4 is 11.9 Å². The molecule has 0 saturated carbocycles. The van der Waals surface area contributed by atoms with E-state index < -0.39 is 5.54 Å². The summed E-state index contributed by atoms with van der Waals surface area (Å²) < 4.78 is 2.01. The van der Waals surface area contributed by atoms with Crippen LogP contribution in [0.3, 0.4) is 0 Å². The molecule has 0 spiro atoms. The summed E-state index contributed by atoms with van der Waals surface area (Å²) in [5, 5.41) is 2.82. The van der Waals surface area contributed by atoms with Gasteiger partial charge in [-0.2, -0.15) is 0 Å². The second-order valence-electron chi connectivity index (χ2n) is 5.90. The van der Waals surface area contributed by atoms with Crippen LogP contribution >= 0.6 is 0 Å². The minimum absolute atomic E-state index is 0.198. The molecule has 1 saturated heterocycles. The number of urea groups is 1. The Labute approximate surface area is 135 Å². The number of nitrogens with one attached hydrogen (secondary N) is 1. The Morgan fingerprint density at radius 1 is 1.17 bits per heavy atom.